The molecule has 4 aromatic rings. The van der Waals surface area contributed by atoms with Crippen LogP contribution in [0.25, 0.3) is 10.9 Å². The lowest BCUT2D eigenvalue weighted by Gasteiger charge is -2.14. The standard InChI is InChI=1S/C26H25N3O2S/c1-3-20-8-4-6-10-22(20)27-24(30)17-32-26-28-23-11-7-5-9-21(23)25(31)29(26)16-19-14-12-18(2)13-15-19/h4-15H,3,16-17H2,1-2H3,(H,27,30). The number of carbonyl (C=O) groups excluding carboxylic acids is 1. The summed E-state index contributed by atoms with van der Waals surface area (Å²) in [6.45, 7) is 4.49. The van der Waals surface area contributed by atoms with Crippen molar-refractivity contribution in [1.29, 1.82) is 0 Å². The Morgan fingerprint density at radius 1 is 1.00 bits per heavy atom. The van der Waals surface area contributed by atoms with Crippen LogP contribution in [0, 0.1) is 6.92 Å². The molecule has 0 aliphatic rings. The van der Waals surface area contributed by atoms with Gasteiger partial charge in [-0.1, -0.05) is 78.8 Å². The molecule has 0 bridgehead atoms. The molecule has 1 aromatic heterocycles. The van der Waals surface area contributed by atoms with E-state index in [1.165, 1.54) is 11.8 Å². The lowest BCUT2D eigenvalue weighted by atomic mass is 10.1. The summed E-state index contributed by atoms with van der Waals surface area (Å²) < 4.78 is 1.66. The predicted octanol–water partition coefficient (Wildman–Crippen LogP) is 5.05. The van der Waals surface area contributed by atoms with Crippen LogP contribution < -0.4 is 10.9 Å². The average Bonchev–Trinajstić information content (AvgIpc) is 2.81. The highest BCUT2D eigenvalue weighted by Crippen LogP contribution is 2.21. The number of rotatable bonds is 7. The van der Waals surface area contributed by atoms with Gasteiger partial charge in [-0.3, -0.25) is 14.2 Å². The van der Waals surface area contributed by atoms with Crippen molar-refractivity contribution in [2.45, 2.75) is 32.0 Å². The number of benzene rings is 3. The van der Waals surface area contributed by atoms with Gasteiger partial charge in [0.25, 0.3) is 5.56 Å². The first-order valence-electron chi connectivity index (χ1n) is 10.6. The molecule has 0 aliphatic heterocycles. The normalized spacial score (nSPS) is 10.9. The first kappa shape index (κ1) is 21.8. The van der Waals surface area contributed by atoms with Crippen molar-refractivity contribution in [3.05, 3.63) is 99.8 Å². The maximum Gasteiger partial charge on any atom is 0.262 e. The number of nitrogens with one attached hydrogen (secondary N) is 1. The SMILES string of the molecule is CCc1ccccc1NC(=O)CSc1nc2ccccc2c(=O)n1Cc1ccc(C)cc1. The molecule has 0 saturated carbocycles. The van der Waals surface area contributed by atoms with E-state index in [0.29, 0.717) is 22.6 Å². The van der Waals surface area contributed by atoms with Gasteiger partial charge in [-0.15, -0.1) is 0 Å². The van der Waals surface area contributed by atoms with Crippen LogP contribution in [-0.4, -0.2) is 21.2 Å². The van der Waals surface area contributed by atoms with Crippen molar-refractivity contribution in [3.63, 3.8) is 0 Å². The minimum atomic E-state index is -0.125. The first-order valence-corrected chi connectivity index (χ1v) is 11.6. The second kappa shape index (κ2) is 9.83. The van der Waals surface area contributed by atoms with Crippen LogP contribution in [0.4, 0.5) is 5.69 Å². The van der Waals surface area contributed by atoms with E-state index < -0.39 is 0 Å². The van der Waals surface area contributed by atoms with Crippen molar-refractivity contribution in [3.8, 4) is 0 Å². The van der Waals surface area contributed by atoms with E-state index in [-0.39, 0.29) is 17.2 Å². The fourth-order valence-electron chi connectivity index (χ4n) is 3.54. The summed E-state index contributed by atoms with van der Waals surface area (Å²) in [5.74, 6) is 0.0386. The van der Waals surface area contributed by atoms with Crippen LogP contribution >= 0.6 is 11.8 Å². The van der Waals surface area contributed by atoms with Crippen molar-refractivity contribution in [2.75, 3.05) is 11.1 Å². The van der Waals surface area contributed by atoms with Gasteiger partial charge >= 0.3 is 0 Å². The van der Waals surface area contributed by atoms with Crippen molar-refractivity contribution < 1.29 is 4.79 Å². The highest BCUT2D eigenvalue weighted by Gasteiger charge is 2.14. The Kier molecular flexibility index (Phi) is 6.71. The summed E-state index contributed by atoms with van der Waals surface area (Å²) in [6.07, 6.45) is 0.839. The lowest BCUT2D eigenvalue weighted by molar-refractivity contribution is -0.113. The Balaban J connectivity index is 1.61. The number of carbonyl (C=O) groups is 1. The highest BCUT2D eigenvalue weighted by molar-refractivity contribution is 7.99. The summed E-state index contributed by atoms with van der Waals surface area (Å²) in [4.78, 5) is 30.6. The average molecular weight is 444 g/mol. The van der Waals surface area contributed by atoms with E-state index in [9.17, 15) is 9.59 Å². The zero-order chi connectivity index (χ0) is 22.5. The van der Waals surface area contributed by atoms with Crippen LogP contribution in [0.15, 0.2) is 82.7 Å². The molecule has 4 rings (SSSR count). The summed E-state index contributed by atoms with van der Waals surface area (Å²) >= 11 is 1.28. The summed E-state index contributed by atoms with van der Waals surface area (Å²) in [5.41, 5.74) is 4.62. The third kappa shape index (κ3) is 4.92. The highest BCUT2D eigenvalue weighted by atomic mass is 32.2. The number of anilines is 1. The predicted molar refractivity (Wildman–Crippen MR) is 131 cm³/mol. The molecule has 0 saturated heterocycles. The number of aryl methyl sites for hydroxylation is 2. The van der Waals surface area contributed by atoms with E-state index in [0.717, 1.165) is 28.8 Å². The van der Waals surface area contributed by atoms with Gasteiger partial charge in [-0.25, -0.2) is 4.98 Å². The monoisotopic (exact) mass is 443 g/mol. The van der Waals surface area contributed by atoms with Gasteiger partial charge in [0.15, 0.2) is 5.16 Å². The molecule has 0 fully saturated rings. The Bertz CT molecular complexity index is 1310. The number of para-hydroxylation sites is 2. The van der Waals surface area contributed by atoms with E-state index >= 15 is 0 Å². The molecule has 1 heterocycles. The Hall–Kier alpha value is -3.38. The van der Waals surface area contributed by atoms with Crippen LogP contribution in [0.3, 0.4) is 0 Å². The van der Waals surface area contributed by atoms with E-state index in [2.05, 4.69) is 12.2 Å². The van der Waals surface area contributed by atoms with Gasteiger partial charge in [-0.2, -0.15) is 0 Å². The molecule has 0 spiro atoms. The van der Waals surface area contributed by atoms with Crippen LogP contribution in [-0.2, 0) is 17.8 Å². The van der Waals surface area contributed by atoms with Crippen LogP contribution in [0.5, 0.6) is 0 Å². The van der Waals surface area contributed by atoms with Crippen molar-refractivity contribution in [2.24, 2.45) is 0 Å². The van der Waals surface area contributed by atoms with E-state index in [1.807, 2.05) is 73.7 Å². The minimum Gasteiger partial charge on any atom is -0.325 e. The third-order valence-electron chi connectivity index (χ3n) is 5.29. The molecule has 32 heavy (non-hydrogen) atoms. The quantitative estimate of drug-likeness (QED) is 0.321. The molecule has 5 nitrogen and oxygen atoms in total. The summed E-state index contributed by atoms with van der Waals surface area (Å²) in [5, 5.41) is 4.09. The number of hydrogen-bond acceptors (Lipinski definition) is 4. The zero-order valence-corrected chi connectivity index (χ0v) is 19.0. The van der Waals surface area contributed by atoms with Gasteiger partial charge in [0.05, 0.1) is 23.2 Å². The largest absolute Gasteiger partial charge is 0.325 e. The maximum atomic E-state index is 13.2. The Morgan fingerprint density at radius 2 is 1.72 bits per heavy atom. The molecule has 1 amide bonds. The number of fused-ring (bicyclic) bond motifs is 1. The van der Waals surface area contributed by atoms with Gasteiger partial charge in [0, 0.05) is 5.69 Å². The number of amides is 1. The second-order valence-corrected chi connectivity index (χ2v) is 8.58. The van der Waals surface area contributed by atoms with Gasteiger partial charge in [0.1, 0.15) is 0 Å². The second-order valence-electron chi connectivity index (χ2n) is 7.64. The van der Waals surface area contributed by atoms with E-state index in [1.54, 1.807) is 10.6 Å². The smallest absolute Gasteiger partial charge is 0.262 e. The summed E-state index contributed by atoms with van der Waals surface area (Å²) in [6, 6.07) is 23.2. The van der Waals surface area contributed by atoms with Gasteiger partial charge < -0.3 is 5.32 Å². The topological polar surface area (TPSA) is 64.0 Å². The minimum absolute atomic E-state index is 0.101. The molecule has 0 aliphatic carbocycles. The molecule has 6 heteroatoms. The molecule has 0 unspecified atom stereocenters. The van der Waals surface area contributed by atoms with Crippen molar-refractivity contribution in [1.82, 2.24) is 9.55 Å². The van der Waals surface area contributed by atoms with Gasteiger partial charge in [-0.05, 0) is 42.7 Å². The Morgan fingerprint density at radius 3 is 2.50 bits per heavy atom. The fraction of sp³-hybridized carbons (Fsp3) is 0.192. The fourth-order valence-corrected chi connectivity index (χ4v) is 4.34. The zero-order valence-electron chi connectivity index (χ0n) is 18.2. The molecule has 162 valence electrons. The Labute approximate surface area is 191 Å². The molecule has 0 radical (unpaired) electrons. The summed E-state index contributed by atoms with van der Waals surface area (Å²) in [7, 11) is 0. The van der Waals surface area contributed by atoms with E-state index in [4.69, 9.17) is 4.98 Å². The molecule has 3 aromatic carbocycles. The van der Waals surface area contributed by atoms with Crippen molar-refractivity contribution >= 4 is 34.3 Å². The lowest BCUT2D eigenvalue weighted by Crippen LogP contribution is -2.25. The maximum absolute atomic E-state index is 13.2. The number of thioether (sulfide) groups is 1. The molecule has 1 N–H and O–H groups in total. The third-order valence-corrected chi connectivity index (χ3v) is 6.27. The molecular weight excluding hydrogens is 418 g/mol. The molecule has 0 atom stereocenters. The molecular formula is C26H25N3O2S. The van der Waals surface area contributed by atoms with Crippen LogP contribution in [0.2, 0.25) is 0 Å². The van der Waals surface area contributed by atoms with Gasteiger partial charge in [0.2, 0.25) is 5.91 Å². The number of nitrogens with zero attached hydrogens (tertiary/aromatic N) is 2. The number of aromatic nitrogens is 2. The number of hydrogen-bond donors (Lipinski definition) is 1. The first-order chi connectivity index (χ1) is 15.5. The van der Waals surface area contributed by atoms with Crippen LogP contribution in [0.1, 0.15) is 23.6 Å².